The average Bonchev–Trinajstić information content (AvgIpc) is 2.61. The lowest BCUT2D eigenvalue weighted by molar-refractivity contribution is -0.132. The smallest absolute Gasteiger partial charge is 0.219 e. The maximum absolute atomic E-state index is 11.5. The van der Waals surface area contributed by atoms with Gasteiger partial charge < -0.3 is 9.64 Å². The van der Waals surface area contributed by atoms with E-state index in [2.05, 4.69) is 37.3 Å². The summed E-state index contributed by atoms with van der Waals surface area (Å²) in [5.41, 5.74) is 1.29. The van der Waals surface area contributed by atoms with Crippen molar-refractivity contribution in [3.05, 3.63) is 35.9 Å². The molecule has 2 rings (SSSR count). The summed E-state index contributed by atoms with van der Waals surface area (Å²) in [6, 6.07) is 10.6. The van der Waals surface area contributed by atoms with E-state index in [9.17, 15) is 4.79 Å². The highest BCUT2D eigenvalue weighted by Crippen LogP contribution is 2.28. The topological polar surface area (TPSA) is 29.5 Å². The van der Waals surface area contributed by atoms with Gasteiger partial charge in [-0.05, 0) is 24.8 Å². The molecular weight excluding hydrogens is 298 g/mol. The van der Waals surface area contributed by atoms with Crippen molar-refractivity contribution in [2.24, 2.45) is 0 Å². The van der Waals surface area contributed by atoms with Crippen molar-refractivity contribution in [3.8, 4) is 0 Å². The standard InChI is InChI=1S/C21H33NO2/c1-3-4-5-6-10-13-21(19-11-8-7-9-12-19)24-20-14-16-22(17-15-20)18(2)23/h7-9,11-12,20-21H,3-6,10,13-17H2,1-2H3. The first-order chi connectivity index (χ1) is 11.7. The quantitative estimate of drug-likeness (QED) is 0.588. The van der Waals surface area contributed by atoms with Crippen LogP contribution in [0.1, 0.15) is 76.9 Å². The summed E-state index contributed by atoms with van der Waals surface area (Å²) in [6.07, 6.45) is 9.96. The second-order valence-corrected chi connectivity index (χ2v) is 6.94. The molecule has 0 N–H and O–H groups in total. The van der Waals surface area contributed by atoms with Crippen LogP contribution in [0.2, 0.25) is 0 Å². The number of likely N-dealkylation sites (tertiary alicyclic amines) is 1. The van der Waals surface area contributed by atoms with Crippen LogP contribution in [0.5, 0.6) is 0 Å². The molecule has 0 aromatic heterocycles. The molecule has 0 saturated carbocycles. The number of carbonyl (C=O) groups is 1. The zero-order valence-electron chi connectivity index (χ0n) is 15.4. The van der Waals surface area contributed by atoms with Crippen molar-refractivity contribution in [2.75, 3.05) is 13.1 Å². The number of rotatable bonds is 9. The number of ether oxygens (including phenoxy) is 1. The highest BCUT2D eigenvalue weighted by atomic mass is 16.5. The molecule has 1 aromatic carbocycles. The lowest BCUT2D eigenvalue weighted by atomic mass is 10.0. The summed E-state index contributed by atoms with van der Waals surface area (Å²) in [4.78, 5) is 13.4. The van der Waals surface area contributed by atoms with Crippen molar-refractivity contribution in [3.63, 3.8) is 0 Å². The first kappa shape index (κ1) is 19.0. The lowest BCUT2D eigenvalue weighted by Crippen LogP contribution is -2.40. The first-order valence-electron chi connectivity index (χ1n) is 9.66. The number of hydrogen-bond acceptors (Lipinski definition) is 2. The van der Waals surface area contributed by atoms with E-state index in [1.165, 1.54) is 37.7 Å². The van der Waals surface area contributed by atoms with Gasteiger partial charge in [-0.25, -0.2) is 0 Å². The molecule has 1 heterocycles. The van der Waals surface area contributed by atoms with Crippen LogP contribution in [-0.2, 0) is 9.53 Å². The van der Waals surface area contributed by atoms with Crippen LogP contribution in [-0.4, -0.2) is 30.0 Å². The Morgan fingerprint density at radius 2 is 1.79 bits per heavy atom. The van der Waals surface area contributed by atoms with Gasteiger partial charge in [-0.2, -0.15) is 0 Å². The van der Waals surface area contributed by atoms with E-state index < -0.39 is 0 Å². The van der Waals surface area contributed by atoms with Gasteiger partial charge in [-0.3, -0.25) is 4.79 Å². The highest BCUT2D eigenvalue weighted by Gasteiger charge is 2.24. The van der Waals surface area contributed by atoms with Gasteiger partial charge in [-0.15, -0.1) is 0 Å². The molecule has 134 valence electrons. The van der Waals surface area contributed by atoms with Gasteiger partial charge >= 0.3 is 0 Å². The van der Waals surface area contributed by atoms with Crippen molar-refractivity contribution in [1.29, 1.82) is 0 Å². The normalized spacial score (nSPS) is 17.0. The van der Waals surface area contributed by atoms with E-state index >= 15 is 0 Å². The molecule has 1 unspecified atom stereocenters. The number of nitrogens with zero attached hydrogens (tertiary/aromatic N) is 1. The average molecular weight is 332 g/mol. The number of amides is 1. The molecule has 1 atom stereocenters. The summed E-state index contributed by atoms with van der Waals surface area (Å²) in [7, 11) is 0. The molecule has 1 saturated heterocycles. The van der Waals surface area contributed by atoms with Crippen LogP contribution in [0.15, 0.2) is 30.3 Å². The largest absolute Gasteiger partial charge is 0.370 e. The Balaban J connectivity index is 1.85. The third-order valence-electron chi connectivity index (χ3n) is 4.99. The number of piperidine rings is 1. The second kappa shape index (κ2) is 10.5. The minimum atomic E-state index is 0.184. The Morgan fingerprint density at radius 3 is 2.42 bits per heavy atom. The van der Waals surface area contributed by atoms with Crippen LogP contribution >= 0.6 is 0 Å². The summed E-state index contributed by atoms with van der Waals surface area (Å²) < 4.78 is 6.47. The van der Waals surface area contributed by atoms with Crippen LogP contribution in [0.25, 0.3) is 0 Å². The van der Waals surface area contributed by atoms with Gasteiger partial charge in [-0.1, -0.05) is 69.4 Å². The third kappa shape index (κ3) is 6.27. The maximum atomic E-state index is 11.5. The molecule has 0 spiro atoms. The minimum absolute atomic E-state index is 0.184. The SMILES string of the molecule is CCCCCCCC(OC1CCN(C(C)=O)CC1)c1ccccc1. The molecule has 0 aliphatic carbocycles. The molecule has 1 fully saturated rings. The number of hydrogen-bond donors (Lipinski definition) is 0. The lowest BCUT2D eigenvalue weighted by Gasteiger charge is -2.33. The Bertz CT molecular complexity index is 466. The summed E-state index contributed by atoms with van der Waals surface area (Å²) in [5.74, 6) is 0.184. The van der Waals surface area contributed by atoms with E-state index in [1.54, 1.807) is 6.92 Å². The van der Waals surface area contributed by atoms with Gasteiger partial charge in [0.05, 0.1) is 12.2 Å². The Labute approximate surface area is 147 Å². The Hall–Kier alpha value is -1.35. The van der Waals surface area contributed by atoms with Crippen molar-refractivity contribution < 1.29 is 9.53 Å². The highest BCUT2D eigenvalue weighted by molar-refractivity contribution is 5.73. The van der Waals surface area contributed by atoms with Gasteiger partial charge in [0.2, 0.25) is 5.91 Å². The van der Waals surface area contributed by atoms with Crippen molar-refractivity contribution in [1.82, 2.24) is 4.90 Å². The summed E-state index contributed by atoms with van der Waals surface area (Å²) >= 11 is 0. The van der Waals surface area contributed by atoms with Crippen molar-refractivity contribution >= 4 is 5.91 Å². The van der Waals surface area contributed by atoms with Crippen LogP contribution in [0, 0.1) is 0 Å². The zero-order chi connectivity index (χ0) is 17.2. The van der Waals surface area contributed by atoms with Gasteiger partial charge in [0.1, 0.15) is 0 Å². The molecule has 0 radical (unpaired) electrons. The molecule has 1 aromatic rings. The maximum Gasteiger partial charge on any atom is 0.219 e. The number of benzene rings is 1. The van der Waals surface area contributed by atoms with E-state index in [0.29, 0.717) is 0 Å². The van der Waals surface area contributed by atoms with Gasteiger partial charge in [0.25, 0.3) is 0 Å². The number of carbonyl (C=O) groups excluding carboxylic acids is 1. The van der Waals surface area contributed by atoms with Crippen LogP contribution in [0.4, 0.5) is 0 Å². The molecular formula is C21H33NO2. The minimum Gasteiger partial charge on any atom is -0.370 e. The third-order valence-corrected chi connectivity index (χ3v) is 4.99. The Morgan fingerprint density at radius 1 is 1.12 bits per heavy atom. The van der Waals surface area contributed by atoms with Crippen LogP contribution < -0.4 is 0 Å². The zero-order valence-corrected chi connectivity index (χ0v) is 15.4. The monoisotopic (exact) mass is 331 g/mol. The fraction of sp³-hybridized carbons (Fsp3) is 0.667. The van der Waals surface area contributed by atoms with Gasteiger partial charge in [0.15, 0.2) is 0 Å². The van der Waals surface area contributed by atoms with E-state index in [0.717, 1.165) is 32.4 Å². The predicted molar refractivity (Wildman–Crippen MR) is 98.9 cm³/mol. The molecule has 1 aliphatic heterocycles. The molecule has 0 bridgehead atoms. The number of unbranched alkanes of at least 4 members (excludes halogenated alkanes) is 4. The van der Waals surface area contributed by atoms with Gasteiger partial charge in [0, 0.05) is 20.0 Å². The Kier molecular flexibility index (Phi) is 8.31. The fourth-order valence-corrected chi connectivity index (χ4v) is 3.45. The van der Waals surface area contributed by atoms with Crippen molar-refractivity contribution in [2.45, 2.75) is 77.4 Å². The molecule has 3 nitrogen and oxygen atoms in total. The van der Waals surface area contributed by atoms with E-state index in [1.807, 2.05) is 4.90 Å². The summed E-state index contributed by atoms with van der Waals surface area (Å²) in [5, 5.41) is 0. The fourth-order valence-electron chi connectivity index (χ4n) is 3.45. The second-order valence-electron chi connectivity index (χ2n) is 6.94. The molecule has 1 aliphatic rings. The molecule has 24 heavy (non-hydrogen) atoms. The van der Waals surface area contributed by atoms with E-state index in [4.69, 9.17) is 4.74 Å². The van der Waals surface area contributed by atoms with E-state index in [-0.39, 0.29) is 18.1 Å². The molecule has 1 amide bonds. The molecule has 3 heteroatoms. The summed E-state index contributed by atoms with van der Waals surface area (Å²) in [6.45, 7) is 5.57. The van der Waals surface area contributed by atoms with Crippen LogP contribution in [0.3, 0.4) is 0 Å². The predicted octanol–water partition coefficient (Wildman–Crippen LogP) is 5.12. The first-order valence-corrected chi connectivity index (χ1v) is 9.66.